The van der Waals surface area contributed by atoms with Crippen LogP contribution in [0, 0.1) is 0 Å². The number of aliphatic hydroxyl groups is 1. The molecule has 0 aromatic heterocycles. The van der Waals surface area contributed by atoms with Crippen LogP contribution in [0.15, 0.2) is 36.4 Å². The van der Waals surface area contributed by atoms with E-state index >= 15 is 0 Å². The third-order valence-electron chi connectivity index (χ3n) is 2.43. The molecule has 132 valence electrons. The molecule has 0 aliphatic rings. The summed E-state index contributed by atoms with van der Waals surface area (Å²) in [7, 11) is 0. The lowest BCUT2D eigenvalue weighted by atomic mass is 10.1. The first-order valence-electron chi connectivity index (χ1n) is 6.88. The zero-order chi connectivity index (χ0) is 18.5. The molecule has 0 bridgehead atoms. The lowest BCUT2D eigenvalue weighted by Crippen LogP contribution is -2.12. The summed E-state index contributed by atoms with van der Waals surface area (Å²) in [4.78, 5) is 31.7. The molecule has 3 N–H and O–H groups in total. The predicted molar refractivity (Wildman–Crippen MR) is 84.0 cm³/mol. The van der Waals surface area contributed by atoms with E-state index in [0.717, 1.165) is 0 Å². The Kier molecular flexibility index (Phi) is 10.5. The summed E-state index contributed by atoms with van der Waals surface area (Å²) in [6.07, 6.45) is 0. The first-order valence-corrected chi connectivity index (χ1v) is 6.88. The molecule has 0 saturated heterocycles. The fourth-order valence-electron chi connectivity index (χ4n) is 1.34. The lowest BCUT2D eigenvalue weighted by Gasteiger charge is -2.03. The van der Waals surface area contributed by atoms with Gasteiger partial charge in [0.2, 0.25) is 0 Å². The number of aromatic carboxylic acids is 2. The van der Waals surface area contributed by atoms with Crippen molar-refractivity contribution in [2.75, 3.05) is 26.4 Å². The summed E-state index contributed by atoms with van der Waals surface area (Å²) in [5.41, 5.74) is -0.00726. The van der Waals surface area contributed by atoms with Gasteiger partial charge in [0.05, 0.1) is 30.9 Å². The Morgan fingerprint density at radius 3 is 1.88 bits per heavy atom. The quantitative estimate of drug-likeness (QED) is 0.365. The lowest BCUT2D eigenvalue weighted by molar-refractivity contribution is -0.140. The summed E-state index contributed by atoms with van der Waals surface area (Å²) < 4.78 is 9.56. The van der Waals surface area contributed by atoms with Crippen LogP contribution in [0.4, 0.5) is 0 Å². The summed E-state index contributed by atoms with van der Waals surface area (Å²) in [6, 6.07) is 5.48. The van der Waals surface area contributed by atoms with Gasteiger partial charge in [0.25, 0.3) is 0 Å². The molecule has 0 unspecified atom stereocenters. The highest BCUT2D eigenvalue weighted by molar-refractivity contribution is 6.01. The van der Waals surface area contributed by atoms with E-state index in [9.17, 15) is 14.4 Å². The van der Waals surface area contributed by atoms with Crippen molar-refractivity contribution in [3.63, 3.8) is 0 Å². The number of hydrogen-bond acceptors (Lipinski definition) is 6. The van der Waals surface area contributed by atoms with Crippen LogP contribution in [0.3, 0.4) is 0 Å². The normalized spacial score (nSPS) is 9.42. The smallest absolute Gasteiger partial charge is 0.336 e. The van der Waals surface area contributed by atoms with Crippen LogP contribution in [0.5, 0.6) is 0 Å². The van der Waals surface area contributed by atoms with Gasteiger partial charge in [-0.1, -0.05) is 18.7 Å². The number of rotatable bonds is 8. The van der Waals surface area contributed by atoms with Gasteiger partial charge in [-0.2, -0.15) is 0 Å². The van der Waals surface area contributed by atoms with Crippen molar-refractivity contribution < 1.29 is 39.2 Å². The Bertz CT molecular complexity index is 546. The van der Waals surface area contributed by atoms with Crippen LogP contribution < -0.4 is 0 Å². The molecule has 1 rings (SSSR count). The van der Waals surface area contributed by atoms with Gasteiger partial charge >= 0.3 is 17.9 Å². The maximum Gasteiger partial charge on any atom is 0.336 e. The van der Waals surface area contributed by atoms with E-state index in [4.69, 9.17) is 24.8 Å². The van der Waals surface area contributed by atoms with Crippen LogP contribution in [-0.2, 0) is 14.3 Å². The van der Waals surface area contributed by atoms with Crippen molar-refractivity contribution in [2.45, 2.75) is 6.92 Å². The van der Waals surface area contributed by atoms with E-state index in [0.29, 0.717) is 12.2 Å². The third-order valence-corrected chi connectivity index (χ3v) is 2.43. The number of carbonyl (C=O) groups excluding carboxylic acids is 1. The zero-order valence-corrected chi connectivity index (χ0v) is 13.2. The average Bonchev–Trinajstić information content (AvgIpc) is 2.54. The number of ether oxygens (including phenoxy) is 2. The number of hydrogen-bond donors (Lipinski definition) is 3. The molecule has 0 aliphatic carbocycles. The Morgan fingerprint density at radius 1 is 1.00 bits per heavy atom. The minimum atomic E-state index is -1.23. The van der Waals surface area contributed by atoms with E-state index in [-0.39, 0.29) is 30.9 Å². The maximum absolute atomic E-state index is 10.7. The predicted octanol–water partition coefficient (Wildman–Crippen LogP) is 1.20. The number of carboxylic acid groups (broad SMARTS) is 2. The molecular formula is C16H20O8. The van der Waals surface area contributed by atoms with Gasteiger partial charge in [-0.3, -0.25) is 0 Å². The maximum atomic E-state index is 10.7. The van der Waals surface area contributed by atoms with Crippen LogP contribution in [-0.4, -0.2) is 59.7 Å². The first-order chi connectivity index (χ1) is 11.3. The van der Waals surface area contributed by atoms with E-state index < -0.39 is 17.9 Å². The zero-order valence-electron chi connectivity index (χ0n) is 13.2. The molecule has 8 heteroatoms. The molecule has 0 radical (unpaired) electrons. The Morgan fingerprint density at radius 2 is 1.50 bits per heavy atom. The van der Waals surface area contributed by atoms with Crippen molar-refractivity contribution in [3.05, 3.63) is 47.5 Å². The van der Waals surface area contributed by atoms with Gasteiger partial charge in [0.15, 0.2) is 0 Å². The van der Waals surface area contributed by atoms with Crippen LogP contribution in [0.2, 0.25) is 0 Å². The summed E-state index contributed by atoms with van der Waals surface area (Å²) in [6.45, 7) is 5.75. The molecule has 1 aromatic carbocycles. The summed E-state index contributed by atoms with van der Waals surface area (Å²) >= 11 is 0. The standard InChI is InChI=1S/C8H6O4.C8H14O4/c9-7(10)5-3-1-2-4-6(5)8(11)12;1-7(2)8(10)12-6-5-11-4-3-9/h1-4H,(H,9,10)(H,11,12);9H,1,3-6H2,2H3. The fourth-order valence-corrected chi connectivity index (χ4v) is 1.34. The highest BCUT2D eigenvalue weighted by Gasteiger charge is 2.13. The van der Waals surface area contributed by atoms with Crippen molar-refractivity contribution in [2.24, 2.45) is 0 Å². The van der Waals surface area contributed by atoms with Gasteiger partial charge in [-0.25, -0.2) is 14.4 Å². The van der Waals surface area contributed by atoms with Crippen LogP contribution in [0.1, 0.15) is 27.6 Å². The number of benzene rings is 1. The summed E-state index contributed by atoms with van der Waals surface area (Å²) in [5.74, 6) is -2.87. The third kappa shape index (κ3) is 8.66. The van der Waals surface area contributed by atoms with Gasteiger partial charge in [0, 0.05) is 5.57 Å². The molecule has 24 heavy (non-hydrogen) atoms. The number of carboxylic acids is 2. The molecule has 0 fully saturated rings. The van der Waals surface area contributed by atoms with Gasteiger partial charge in [-0.15, -0.1) is 0 Å². The highest BCUT2D eigenvalue weighted by Crippen LogP contribution is 2.07. The highest BCUT2D eigenvalue weighted by atomic mass is 16.6. The second-order valence-electron chi connectivity index (χ2n) is 4.41. The topological polar surface area (TPSA) is 130 Å². The van der Waals surface area contributed by atoms with Crippen molar-refractivity contribution in [1.82, 2.24) is 0 Å². The average molecular weight is 340 g/mol. The van der Waals surface area contributed by atoms with E-state index in [1.807, 2.05) is 0 Å². The number of carbonyl (C=O) groups is 3. The Labute approximate surface area is 138 Å². The molecule has 1 aromatic rings. The van der Waals surface area contributed by atoms with Crippen molar-refractivity contribution in [1.29, 1.82) is 0 Å². The van der Waals surface area contributed by atoms with Gasteiger partial charge in [0.1, 0.15) is 6.61 Å². The SMILES string of the molecule is C=C(C)C(=O)OCCOCCO.O=C(O)c1ccccc1C(=O)O. The van der Waals surface area contributed by atoms with Crippen LogP contribution in [0.25, 0.3) is 0 Å². The molecule has 0 heterocycles. The molecule has 0 spiro atoms. The molecule has 0 saturated carbocycles. The second kappa shape index (κ2) is 11.8. The number of esters is 1. The Hall–Kier alpha value is -2.71. The molecular weight excluding hydrogens is 320 g/mol. The minimum Gasteiger partial charge on any atom is -0.478 e. The van der Waals surface area contributed by atoms with Gasteiger partial charge in [-0.05, 0) is 19.1 Å². The summed E-state index contributed by atoms with van der Waals surface area (Å²) in [5, 5.41) is 25.4. The molecule has 8 nitrogen and oxygen atoms in total. The number of aliphatic hydroxyl groups excluding tert-OH is 1. The van der Waals surface area contributed by atoms with E-state index in [2.05, 4.69) is 6.58 Å². The minimum absolute atomic E-state index is 0.0194. The van der Waals surface area contributed by atoms with Crippen molar-refractivity contribution >= 4 is 17.9 Å². The van der Waals surface area contributed by atoms with Gasteiger partial charge < -0.3 is 24.8 Å². The Balaban J connectivity index is 0.000000441. The van der Waals surface area contributed by atoms with E-state index in [1.165, 1.54) is 24.3 Å². The van der Waals surface area contributed by atoms with E-state index in [1.54, 1.807) is 6.92 Å². The molecule has 0 atom stereocenters. The monoisotopic (exact) mass is 340 g/mol. The fraction of sp³-hybridized carbons (Fsp3) is 0.312. The second-order valence-corrected chi connectivity index (χ2v) is 4.41. The largest absolute Gasteiger partial charge is 0.478 e. The van der Waals surface area contributed by atoms with Crippen LogP contribution >= 0.6 is 0 Å². The van der Waals surface area contributed by atoms with Crippen molar-refractivity contribution in [3.8, 4) is 0 Å². The molecule has 0 amide bonds. The first kappa shape index (κ1) is 21.3. The molecule has 0 aliphatic heterocycles.